The summed E-state index contributed by atoms with van der Waals surface area (Å²) in [5.41, 5.74) is 3.88. The fourth-order valence-electron chi connectivity index (χ4n) is 3.50. The van der Waals surface area contributed by atoms with E-state index in [1.807, 2.05) is 24.3 Å². The van der Waals surface area contributed by atoms with E-state index in [4.69, 9.17) is 16.0 Å². The lowest BCUT2D eigenvalue weighted by Gasteiger charge is -2.11. The van der Waals surface area contributed by atoms with Crippen LogP contribution in [0.5, 0.6) is 0 Å². The van der Waals surface area contributed by atoms with Gasteiger partial charge >= 0.3 is 0 Å². The van der Waals surface area contributed by atoms with Gasteiger partial charge in [-0.25, -0.2) is 0 Å². The first kappa shape index (κ1) is 15.2. The van der Waals surface area contributed by atoms with Gasteiger partial charge in [0.2, 0.25) is 0 Å². The summed E-state index contributed by atoms with van der Waals surface area (Å²) in [5, 5.41) is 5.24. The lowest BCUT2D eigenvalue weighted by molar-refractivity contribution is 0.669. The van der Waals surface area contributed by atoms with Crippen LogP contribution in [0.4, 0.5) is 0 Å². The van der Waals surface area contributed by atoms with Gasteiger partial charge in [0.25, 0.3) is 0 Å². The Balaban J connectivity index is 1.91. The van der Waals surface area contributed by atoms with Crippen LogP contribution in [0.15, 0.2) is 77.2 Å². The Bertz CT molecular complexity index is 1260. The molecule has 0 unspecified atom stereocenters. The Morgan fingerprint density at radius 2 is 1.48 bits per heavy atom. The van der Waals surface area contributed by atoms with Crippen LogP contribution in [0.2, 0.25) is 5.02 Å². The number of hydrogen-bond acceptors (Lipinski definition) is 1. The number of fused-ring (bicyclic) bond motifs is 4. The lowest BCUT2D eigenvalue weighted by atomic mass is 9.97. The first-order chi connectivity index (χ1) is 12.2. The number of hydrogen-bond donors (Lipinski definition) is 0. The number of halogens is 2. The Labute approximate surface area is 163 Å². The predicted molar refractivity (Wildman–Crippen MR) is 114 cm³/mol. The molecule has 1 aromatic heterocycles. The van der Waals surface area contributed by atoms with Gasteiger partial charge in [0.15, 0.2) is 0 Å². The minimum atomic E-state index is 0.745. The number of para-hydroxylation sites is 1. The van der Waals surface area contributed by atoms with Crippen LogP contribution >= 0.6 is 34.2 Å². The van der Waals surface area contributed by atoms with Gasteiger partial charge in [-0.15, -0.1) is 0 Å². The second kappa shape index (κ2) is 5.75. The molecule has 0 bridgehead atoms. The van der Waals surface area contributed by atoms with E-state index in [-0.39, 0.29) is 0 Å². The molecule has 0 spiro atoms. The maximum Gasteiger partial charge on any atom is 0.136 e. The van der Waals surface area contributed by atoms with Crippen molar-refractivity contribution in [2.75, 3.05) is 0 Å². The van der Waals surface area contributed by atoms with Crippen molar-refractivity contribution in [1.29, 1.82) is 0 Å². The SMILES string of the molecule is Clc1c(-c2cccc3cccc(I)c23)ccc2oc3ccccc3c12. The number of rotatable bonds is 1. The van der Waals surface area contributed by atoms with Crippen molar-refractivity contribution in [2.24, 2.45) is 0 Å². The van der Waals surface area contributed by atoms with Crippen molar-refractivity contribution in [2.45, 2.75) is 0 Å². The van der Waals surface area contributed by atoms with Gasteiger partial charge in [-0.1, -0.05) is 60.1 Å². The second-order valence-corrected chi connectivity index (χ2v) is 7.58. The molecule has 5 aromatic rings. The highest BCUT2D eigenvalue weighted by Crippen LogP contribution is 2.42. The van der Waals surface area contributed by atoms with E-state index in [2.05, 4.69) is 71.1 Å². The quantitative estimate of drug-likeness (QED) is 0.237. The average Bonchev–Trinajstić information content (AvgIpc) is 3.01. The van der Waals surface area contributed by atoms with E-state index in [0.29, 0.717) is 0 Å². The minimum absolute atomic E-state index is 0.745. The molecule has 0 saturated carbocycles. The Hall–Kier alpha value is -2.04. The molecule has 5 rings (SSSR count). The number of furan rings is 1. The predicted octanol–water partition coefficient (Wildman–Crippen LogP) is 7.66. The molecule has 3 heteroatoms. The van der Waals surface area contributed by atoms with E-state index in [0.717, 1.165) is 38.1 Å². The van der Waals surface area contributed by atoms with Crippen molar-refractivity contribution >= 4 is 66.9 Å². The maximum atomic E-state index is 6.89. The molecule has 4 aromatic carbocycles. The zero-order valence-corrected chi connectivity index (χ0v) is 16.0. The maximum absolute atomic E-state index is 6.89. The van der Waals surface area contributed by atoms with E-state index in [1.54, 1.807) is 0 Å². The largest absolute Gasteiger partial charge is 0.456 e. The molecule has 0 aliphatic heterocycles. The summed E-state index contributed by atoms with van der Waals surface area (Å²) in [7, 11) is 0. The molecule has 0 radical (unpaired) electrons. The van der Waals surface area contributed by atoms with Gasteiger partial charge in [-0.05, 0) is 57.8 Å². The standard InChI is InChI=1S/C22H12ClIO/c23-22-15(14-8-3-5-13-6-4-9-17(24)20(13)14)11-12-19-21(22)16-7-1-2-10-18(16)25-19/h1-12H. The van der Waals surface area contributed by atoms with Gasteiger partial charge in [-0.3, -0.25) is 0 Å². The van der Waals surface area contributed by atoms with Crippen molar-refractivity contribution in [3.8, 4) is 11.1 Å². The summed E-state index contributed by atoms with van der Waals surface area (Å²) in [6.45, 7) is 0. The van der Waals surface area contributed by atoms with Crippen molar-refractivity contribution in [3.63, 3.8) is 0 Å². The lowest BCUT2D eigenvalue weighted by Crippen LogP contribution is -1.86. The van der Waals surface area contributed by atoms with E-state index in [9.17, 15) is 0 Å². The van der Waals surface area contributed by atoms with E-state index >= 15 is 0 Å². The zero-order chi connectivity index (χ0) is 17.0. The molecule has 0 saturated heterocycles. The van der Waals surface area contributed by atoms with Crippen molar-refractivity contribution in [3.05, 3.63) is 81.4 Å². The molecule has 0 N–H and O–H groups in total. The van der Waals surface area contributed by atoms with Gasteiger partial charge in [0.1, 0.15) is 11.2 Å². The Morgan fingerprint density at radius 3 is 2.36 bits per heavy atom. The monoisotopic (exact) mass is 454 g/mol. The molecule has 0 aliphatic rings. The van der Waals surface area contributed by atoms with Gasteiger partial charge in [-0.2, -0.15) is 0 Å². The fraction of sp³-hybridized carbons (Fsp3) is 0. The molecule has 0 fully saturated rings. The third-order valence-electron chi connectivity index (χ3n) is 4.62. The molecule has 120 valence electrons. The van der Waals surface area contributed by atoms with Crippen LogP contribution in [0, 0.1) is 3.57 Å². The summed E-state index contributed by atoms with van der Waals surface area (Å²) in [6.07, 6.45) is 0. The third kappa shape index (κ3) is 2.28. The summed E-state index contributed by atoms with van der Waals surface area (Å²) in [4.78, 5) is 0. The third-order valence-corrected chi connectivity index (χ3v) is 5.92. The molecular formula is C22H12ClIO. The zero-order valence-electron chi connectivity index (χ0n) is 13.1. The summed E-state index contributed by atoms with van der Waals surface area (Å²) >= 11 is 9.28. The van der Waals surface area contributed by atoms with Crippen LogP contribution in [0.3, 0.4) is 0 Å². The summed E-state index contributed by atoms with van der Waals surface area (Å²) in [6, 6.07) is 24.8. The average molecular weight is 455 g/mol. The summed E-state index contributed by atoms with van der Waals surface area (Å²) in [5.74, 6) is 0. The highest BCUT2D eigenvalue weighted by molar-refractivity contribution is 14.1. The first-order valence-electron chi connectivity index (χ1n) is 8.01. The molecule has 1 nitrogen and oxygen atoms in total. The van der Waals surface area contributed by atoms with Gasteiger partial charge in [0, 0.05) is 25.3 Å². The Kier molecular flexibility index (Phi) is 3.50. The fourth-order valence-corrected chi connectivity index (χ4v) is 4.67. The van der Waals surface area contributed by atoms with Gasteiger partial charge < -0.3 is 4.42 Å². The normalized spacial score (nSPS) is 11.6. The second-order valence-electron chi connectivity index (χ2n) is 6.04. The van der Waals surface area contributed by atoms with E-state index in [1.165, 1.54) is 14.3 Å². The topological polar surface area (TPSA) is 13.1 Å². The van der Waals surface area contributed by atoms with Crippen LogP contribution in [-0.2, 0) is 0 Å². The molecule has 25 heavy (non-hydrogen) atoms. The van der Waals surface area contributed by atoms with Crippen LogP contribution < -0.4 is 0 Å². The molecule has 0 atom stereocenters. The van der Waals surface area contributed by atoms with Gasteiger partial charge in [0.05, 0.1) is 5.02 Å². The molecule has 0 amide bonds. The van der Waals surface area contributed by atoms with Crippen molar-refractivity contribution in [1.82, 2.24) is 0 Å². The van der Waals surface area contributed by atoms with Crippen molar-refractivity contribution < 1.29 is 4.42 Å². The highest BCUT2D eigenvalue weighted by atomic mass is 127. The molecular weight excluding hydrogens is 443 g/mol. The van der Waals surface area contributed by atoms with E-state index < -0.39 is 0 Å². The van der Waals surface area contributed by atoms with Crippen LogP contribution in [0.1, 0.15) is 0 Å². The van der Waals surface area contributed by atoms with Crippen LogP contribution in [-0.4, -0.2) is 0 Å². The Morgan fingerprint density at radius 1 is 0.680 bits per heavy atom. The number of benzene rings is 4. The smallest absolute Gasteiger partial charge is 0.136 e. The van der Waals surface area contributed by atoms with Crippen LogP contribution in [0.25, 0.3) is 43.8 Å². The highest BCUT2D eigenvalue weighted by Gasteiger charge is 2.16. The first-order valence-corrected chi connectivity index (χ1v) is 9.47. The molecule has 0 aliphatic carbocycles. The molecule has 1 heterocycles. The summed E-state index contributed by atoms with van der Waals surface area (Å²) < 4.78 is 7.17. The minimum Gasteiger partial charge on any atom is -0.456 e.